The summed E-state index contributed by atoms with van der Waals surface area (Å²) < 4.78 is 0. The number of aliphatic hydroxyl groups is 3. The average Bonchev–Trinajstić information content (AvgIpc) is 2.54. The van der Waals surface area contributed by atoms with Crippen molar-refractivity contribution in [3.8, 4) is 0 Å². The lowest BCUT2D eigenvalue weighted by atomic mass is 10.2. The molecule has 0 amide bonds. The standard InChI is InChI=1S/C5H8O4.2C4H6O2.C3H8O3/c6-4(7)2-1-3-5(8)9;2*1-3(2)4(5)6;4-1-3(6)2-5/h1-3H2,(H,6,7)(H,8,9);2*1H2,2H3,(H,5,6);3-6H,1-2H2. The number of hydrogen-bond donors (Lipinski definition) is 7. The van der Waals surface area contributed by atoms with Gasteiger partial charge in [-0.25, -0.2) is 9.59 Å². The second-order valence-corrected chi connectivity index (χ2v) is 4.83. The number of carboxylic acids is 4. The third kappa shape index (κ3) is 45.1. The number of rotatable bonds is 8. The van der Waals surface area contributed by atoms with Gasteiger partial charge in [0.2, 0.25) is 0 Å². The van der Waals surface area contributed by atoms with E-state index in [1.165, 1.54) is 13.8 Å². The fourth-order valence-electron chi connectivity index (χ4n) is 0.449. The van der Waals surface area contributed by atoms with Crippen LogP contribution in [0.2, 0.25) is 0 Å². The van der Waals surface area contributed by atoms with Crippen LogP contribution < -0.4 is 0 Å². The van der Waals surface area contributed by atoms with Gasteiger partial charge in [0.25, 0.3) is 0 Å². The zero-order valence-electron chi connectivity index (χ0n) is 15.3. The van der Waals surface area contributed by atoms with E-state index in [2.05, 4.69) is 13.2 Å². The predicted octanol–water partition coefficient (Wildman–Crippen LogP) is -0.0480. The van der Waals surface area contributed by atoms with Crippen LogP contribution in [-0.4, -0.2) is 78.9 Å². The van der Waals surface area contributed by atoms with E-state index in [4.69, 9.17) is 35.7 Å². The summed E-state index contributed by atoms with van der Waals surface area (Å²) in [6.45, 7) is 8.47. The van der Waals surface area contributed by atoms with Crippen molar-refractivity contribution in [3.63, 3.8) is 0 Å². The monoisotopic (exact) mass is 396 g/mol. The molecular weight excluding hydrogens is 368 g/mol. The number of carboxylic acid groups (broad SMARTS) is 4. The van der Waals surface area contributed by atoms with Crippen LogP contribution in [0.15, 0.2) is 24.3 Å². The van der Waals surface area contributed by atoms with Gasteiger partial charge in [0.1, 0.15) is 6.10 Å². The summed E-state index contributed by atoms with van der Waals surface area (Å²) in [5, 5.41) is 55.9. The van der Waals surface area contributed by atoms with E-state index >= 15 is 0 Å². The molecule has 158 valence electrons. The number of carbonyl (C=O) groups is 4. The second-order valence-electron chi connectivity index (χ2n) is 4.83. The van der Waals surface area contributed by atoms with Gasteiger partial charge in [0.05, 0.1) is 13.2 Å². The average molecular weight is 396 g/mol. The Labute approximate surface area is 156 Å². The lowest BCUT2D eigenvalue weighted by molar-refractivity contribution is -0.139. The fraction of sp³-hybridized carbons (Fsp3) is 0.500. The molecule has 0 atom stereocenters. The number of aliphatic hydroxyl groups excluding tert-OH is 3. The third-order valence-corrected chi connectivity index (χ3v) is 1.93. The largest absolute Gasteiger partial charge is 0.481 e. The molecule has 0 unspecified atom stereocenters. The van der Waals surface area contributed by atoms with Gasteiger partial charge in [-0.05, 0) is 20.3 Å². The number of aliphatic carboxylic acids is 4. The summed E-state index contributed by atoms with van der Waals surface area (Å²) in [5.41, 5.74) is 0.352. The van der Waals surface area contributed by atoms with Crippen LogP contribution in [0, 0.1) is 0 Å². The summed E-state index contributed by atoms with van der Waals surface area (Å²) in [4.78, 5) is 38.8. The Morgan fingerprint density at radius 2 is 0.963 bits per heavy atom. The van der Waals surface area contributed by atoms with E-state index in [-0.39, 0.29) is 43.6 Å². The van der Waals surface area contributed by atoms with Gasteiger partial charge < -0.3 is 35.7 Å². The van der Waals surface area contributed by atoms with Crippen LogP contribution in [0.1, 0.15) is 33.1 Å². The van der Waals surface area contributed by atoms with Gasteiger partial charge in [-0.1, -0.05) is 13.2 Å². The Morgan fingerprint density at radius 1 is 0.741 bits per heavy atom. The Kier molecular flexibility index (Phi) is 25.2. The summed E-state index contributed by atoms with van der Waals surface area (Å²) >= 11 is 0. The highest BCUT2D eigenvalue weighted by atomic mass is 16.4. The van der Waals surface area contributed by atoms with Crippen molar-refractivity contribution >= 4 is 23.9 Å². The van der Waals surface area contributed by atoms with Crippen molar-refractivity contribution in [1.82, 2.24) is 0 Å². The van der Waals surface area contributed by atoms with Crippen molar-refractivity contribution < 1.29 is 54.9 Å². The molecule has 0 aromatic rings. The first kappa shape index (κ1) is 32.0. The van der Waals surface area contributed by atoms with Crippen LogP contribution in [0.4, 0.5) is 0 Å². The van der Waals surface area contributed by atoms with E-state index in [0.717, 1.165) is 0 Å². The van der Waals surface area contributed by atoms with Gasteiger partial charge in [-0.2, -0.15) is 0 Å². The van der Waals surface area contributed by atoms with E-state index in [0.29, 0.717) is 0 Å². The maximum Gasteiger partial charge on any atom is 0.330 e. The van der Waals surface area contributed by atoms with Crippen LogP contribution in [-0.2, 0) is 19.2 Å². The molecule has 11 nitrogen and oxygen atoms in total. The maximum absolute atomic E-state index is 9.79. The molecule has 0 heterocycles. The minimum absolute atomic E-state index is 0.0632. The Bertz CT molecular complexity index is 417. The van der Waals surface area contributed by atoms with E-state index in [1.54, 1.807) is 0 Å². The highest BCUT2D eigenvalue weighted by Crippen LogP contribution is 1.93. The molecule has 0 spiro atoms. The first-order valence-electron chi connectivity index (χ1n) is 7.33. The molecule has 0 saturated carbocycles. The lowest BCUT2D eigenvalue weighted by Gasteiger charge is -1.96. The summed E-state index contributed by atoms with van der Waals surface area (Å²) in [6, 6.07) is 0. The molecule has 27 heavy (non-hydrogen) atoms. The molecule has 7 N–H and O–H groups in total. The molecule has 0 aromatic carbocycles. The Balaban J connectivity index is -0.000000133. The minimum atomic E-state index is -0.954. The van der Waals surface area contributed by atoms with Gasteiger partial charge in [0, 0.05) is 24.0 Å². The van der Waals surface area contributed by atoms with Crippen molar-refractivity contribution in [2.75, 3.05) is 13.2 Å². The molecular formula is C16H28O11. The van der Waals surface area contributed by atoms with Gasteiger partial charge in [-0.3, -0.25) is 9.59 Å². The first-order valence-corrected chi connectivity index (χ1v) is 7.33. The molecule has 0 aliphatic rings. The van der Waals surface area contributed by atoms with Gasteiger partial charge in [0.15, 0.2) is 0 Å². The first-order chi connectivity index (χ1) is 12.2. The van der Waals surface area contributed by atoms with Gasteiger partial charge >= 0.3 is 23.9 Å². The molecule has 11 heteroatoms. The third-order valence-electron chi connectivity index (χ3n) is 1.93. The van der Waals surface area contributed by atoms with Crippen molar-refractivity contribution in [3.05, 3.63) is 24.3 Å². The van der Waals surface area contributed by atoms with Crippen LogP contribution in [0.5, 0.6) is 0 Å². The molecule has 0 saturated heterocycles. The second kappa shape index (κ2) is 21.3. The molecule has 0 fully saturated rings. The van der Waals surface area contributed by atoms with E-state index < -0.39 is 30.0 Å². The maximum atomic E-state index is 9.79. The quantitative estimate of drug-likeness (QED) is 0.270. The normalized spacial score (nSPS) is 8.52. The summed E-state index contributed by atoms with van der Waals surface area (Å²) in [6.07, 6.45) is -0.867. The van der Waals surface area contributed by atoms with Crippen LogP contribution in [0.3, 0.4) is 0 Å². The van der Waals surface area contributed by atoms with Crippen molar-refractivity contribution in [2.24, 2.45) is 0 Å². The smallest absolute Gasteiger partial charge is 0.330 e. The highest BCUT2D eigenvalue weighted by Gasteiger charge is 1.99. The highest BCUT2D eigenvalue weighted by molar-refractivity contribution is 5.85. The lowest BCUT2D eigenvalue weighted by Crippen LogP contribution is -2.15. The molecule has 0 aliphatic heterocycles. The predicted molar refractivity (Wildman–Crippen MR) is 94.2 cm³/mol. The fourth-order valence-corrected chi connectivity index (χ4v) is 0.449. The van der Waals surface area contributed by atoms with Gasteiger partial charge in [-0.15, -0.1) is 0 Å². The topological polar surface area (TPSA) is 210 Å². The SMILES string of the molecule is C=C(C)C(=O)O.C=C(C)C(=O)O.O=C(O)CCCC(=O)O.OCC(O)CO. The zero-order valence-corrected chi connectivity index (χ0v) is 15.3. The molecule has 0 radical (unpaired) electrons. The Morgan fingerprint density at radius 3 is 1.04 bits per heavy atom. The Hall–Kier alpha value is -2.76. The van der Waals surface area contributed by atoms with Crippen LogP contribution in [0.25, 0.3) is 0 Å². The van der Waals surface area contributed by atoms with Crippen molar-refractivity contribution in [1.29, 1.82) is 0 Å². The summed E-state index contributed by atoms with van der Waals surface area (Å²) in [5.74, 6) is -3.77. The van der Waals surface area contributed by atoms with E-state index in [9.17, 15) is 19.2 Å². The van der Waals surface area contributed by atoms with Crippen molar-refractivity contribution in [2.45, 2.75) is 39.2 Å². The molecule has 0 rings (SSSR count). The number of hydrogen-bond acceptors (Lipinski definition) is 7. The van der Waals surface area contributed by atoms with E-state index in [1.807, 2.05) is 0 Å². The minimum Gasteiger partial charge on any atom is -0.481 e. The molecule has 0 aromatic heterocycles. The van der Waals surface area contributed by atoms with Crippen LogP contribution >= 0.6 is 0 Å². The molecule has 0 aliphatic carbocycles. The summed E-state index contributed by atoms with van der Waals surface area (Å²) in [7, 11) is 0. The molecule has 0 bridgehead atoms. The zero-order chi connectivity index (χ0) is 22.6.